The van der Waals surface area contributed by atoms with E-state index in [0.717, 1.165) is 5.69 Å². The molecule has 1 fully saturated rings. The topological polar surface area (TPSA) is 32.3 Å². The van der Waals surface area contributed by atoms with E-state index in [4.69, 9.17) is 0 Å². The summed E-state index contributed by atoms with van der Waals surface area (Å²) in [5.74, 6) is 0.201. The third kappa shape index (κ3) is 2.48. The van der Waals surface area contributed by atoms with Crippen molar-refractivity contribution in [1.29, 1.82) is 0 Å². The fourth-order valence-corrected chi connectivity index (χ4v) is 4.24. The molecule has 0 bridgehead atoms. The van der Waals surface area contributed by atoms with Crippen molar-refractivity contribution in [1.82, 2.24) is 5.32 Å². The predicted octanol–water partition coefficient (Wildman–Crippen LogP) is 3.44. The lowest BCUT2D eigenvalue weighted by atomic mass is 9.68. The van der Waals surface area contributed by atoms with Crippen LogP contribution in [0.25, 0.3) is 0 Å². The number of hydrogen-bond donors (Lipinski definition) is 1. The molecule has 1 N–H and O–H groups in total. The first-order chi connectivity index (χ1) is 10.0. The van der Waals surface area contributed by atoms with Gasteiger partial charge in [-0.15, -0.1) is 0 Å². The third-order valence-electron chi connectivity index (χ3n) is 5.50. The van der Waals surface area contributed by atoms with Crippen molar-refractivity contribution in [2.75, 3.05) is 19.0 Å². The minimum absolute atomic E-state index is 0.201. The van der Waals surface area contributed by atoms with Crippen LogP contribution < -0.4 is 10.2 Å². The maximum absolute atomic E-state index is 11.9. The molecule has 1 amide bonds. The monoisotopic (exact) mass is 286 g/mol. The number of amides is 1. The van der Waals surface area contributed by atoms with Gasteiger partial charge in [0.05, 0.1) is 6.42 Å². The Kier molecular flexibility index (Phi) is 3.78. The number of carbonyl (C=O) groups is 1. The SMILES string of the molecule is CNC(c1ccc2c(c1)CC(=O)N2C)C1(C)CCCCC1. The number of anilines is 1. The van der Waals surface area contributed by atoms with Crippen LogP contribution in [0.4, 0.5) is 5.69 Å². The molecule has 1 aromatic rings. The first-order valence-corrected chi connectivity index (χ1v) is 8.12. The molecule has 1 heterocycles. The molecular formula is C18H26N2O. The van der Waals surface area contributed by atoms with Crippen molar-refractivity contribution in [2.45, 2.75) is 51.5 Å². The summed E-state index contributed by atoms with van der Waals surface area (Å²) in [5, 5.41) is 3.54. The summed E-state index contributed by atoms with van der Waals surface area (Å²) in [6.45, 7) is 2.41. The van der Waals surface area contributed by atoms with Crippen LogP contribution in [0.2, 0.25) is 0 Å². The van der Waals surface area contributed by atoms with E-state index in [9.17, 15) is 4.79 Å². The van der Waals surface area contributed by atoms with Crippen LogP contribution >= 0.6 is 0 Å². The number of carbonyl (C=O) groups excluding carboxylic acids is 1. The zero-order valence-electron chi connectivity index (χ0n) is 13.4. The molecule has 0 aromatic heterocycles. The number of nitrogens with zero attached hydrogens (tertiary/aromatic N) is 1. The molecule has 1 atom stereocenters. The molecule has 1 aliphatic heterocycles. The Labute approximate surface area is 127 Å². The highest BCUT2D eigenvalue weighted by molar-refractivity contribution is 6.00. The summed E-state index contributed by atoms with van der Waals surface area (Å²) < 4.78 is 0. The van der Waals surface area contributed by atoms with Gasteiger partial charge in [-0.25, -0.2) is 0 Å². The molecule has 3 heteroatoms. The highest BCUT2D eigenvalue weighted by Crippen LogP contribution is 2.46. The van der Waals surface area contributed by atoms with E-state index >= 15 is 0 Å². The minimum Gasteiger partial charge on any atom is -0.315 e. The van der Waals surface area contributed by atoms with Gasteiger partial charge in [-0.05, 0) is 42.5 Å². The number of hydrogen-bond acceptors (Lipinski definition) is 2. The van der Waals surface area contributed by atoms with Crippen LogP contribution in [0.1, 0.15) is 56.2 Å². The van der Waals surface area contributed by atoms with E-state index in [1.54, 1.807) is 4.90 Å². The fraction of sp³-hybridized carbons (Fsp3) is 0.611. The van der Waals surface area contributed by atoms with Gasteiger partial charge in [-0.1, -0.05) is 38.3 Å². The van der Waals surface area contributed by atoms with Gasteiger partial charge < -0.3 is 10.2 Å². The largest absolute Gasteiger partial charge is 0.315 e. The molecule has 3 rings (SSSR count). The van der Waals surface area contributed by atoms with E-state index in [1.165, 1.54) is 43.2 Å². The van der Waals surface area contributed by atoms with E-state index in [1.807, 2.05) is 7.05 Å². The summed E-state index contributed by atoms with van der Waals surface area (Å²) in [7, 11) is 3.93. The summed E-state index contributed by atoms with van der Waals surface area (Å²) in [5.41, 5.74) is 3.92. The molecule has 1 unspecified atom stereocenters. The first kappa shape index (κ1) is 14.6. The average molecular weight is 286 g/mol. The highest BCUT2D eigenvalue weighted by atomic mass is 16.2. The molecule has 1 aliphatic carbocycles. The van der Waals surface area contributed by atoms with E-state index in [0.29, 0.717) is 17.9 Å². The minimum atomic E-state index is 0.201. The molecule has 3 nitrogen and oxygen atoms in total. The summed E-state index contributed by atoms with van der Waals surface area (Å²) in [4.78, 5) is 13.6. The second kappa shape index (κ2) is 5.45. The Hall–Kier alpha value is -1.35. The Morgan fingerprint density at radius 2 is 1.95 bits per heavy atom. The Morgan fingerprint density at radius 3 is 2.62 bits per heavy atom. The van der Waals surface area contributed by atoms with Crippen molar-refractivity contribution in [3.05, 3.63) is 29.3 Å². The van der Waals surface area contributed by atoms with Gasteiger partial charge in [0, 0.05) is 18.8 Å². The molecule has 1 saturated carbocycles. The molecule has 114 valence electrons. The Morgan fingerprint density at radius 1 is 1.24 bits per heavy atom. The van der Waals surface area contributed by atoms with Gasteiger partial charge in [0.25, 0.3) is 0 Å². The number of rotatable bonds is 3. The quantitative estimate of drug-likeness (QED) is 0.923. The van der Waals surface area contributed by atoms with Crippen molar-refractivity contribution in [3.63, 3.8) is 0 Å². The molecule has 0 saturated heterocycles. The predicted molar refractivity (Wildman–Crippen MR) is 86.5 cm³/mol. The number of benzene rings is 1. The number of nitrogens with one attached hydrogen (secondary N) is 1. The van der Waals surface area contributed by atoms with Gasteiger partial charge in [0.1, 0.15) is 0 Å². The molecule has 21 heavy (non-hydrogen) atoms. The summed E-state index contributed by atoms with van der Waals surface area (Å²) in [6, 6.07) is 6.95. The molecule has 2 aliphatic rings. The average Bonchev–Trinajstić information content (AvgIpc) is 2.75. The molecule has 0 radical (unpaired) electrons. The zero-order valence-corrected chi connectivity index (χ0v) is 13.4. The van der Waals surface area contributed by atoms with Gasteiger partial charge in [-0.3, -0.25) is 4.79 Å². The lowest BCUT2D eigenvalue weighted by molar-refractivity contribution is -0.117. The van der Waals surface area contributed by atoms with Crippen LogP contribution in [0.5, 0.6) is 0 Å². The standard InChI is InChI=1S/C18H26N2O/c1-18(9-5-4-6-10-18)17(19-2)13-7-8-15-14(11-13)12-16(21)20(15)3/h7-8,11,17,19H,4-6,9-10,12H2,1-3H3. The number of fused-ring (bicyclic) bond motifs is 1. The van der Waals surface area contributed by atoms with Gasteiger partial charge >= 0.3 is 0 Å². The van der Waals surface area contributed by atoms with Crippen LogP contribution in [-0.2, 0) is 11.2 Å². The lowest BCUT2D eigenvalue weighted by Crippen LogP contribution is -2.36. The van der Waals surface area contributed by atoms with Crippen LogP contribution in [0.15, 0.2) is 18.2 Å². The maximum atomic E-state index is 11.9. The summed E-state index contributed by atoms with van der Waals surface area (Å²) in [6.07, 6.45) is 7.16. The zero-order chi connectivity index (χ0) is 15.0. The second-order valence-electron chi connectivity index (χ2n) is 6.95. The second-order valence-corrected chi connectivity index (χ2v) is 6.95. The normalized spacial score (nSPS) is 22.2. The maximum Gasteiger partial charge on any atom is 0.231 e. The van der Waals surface area contributed by atoms with Gasteiger partial charge in [-0.2, -0.15) is 0 Å². The fourth-order valence-electron chi connectivity index (χ4n) is 4.24. The highest BCUT2D eigenvalue weighted by Gasteiger charge is 2.36. The van der Waals surface area contributed by atoms with Crippen molar-refractivity contribution >= 4 is 11.6 Å². The summed E-state index contributed by atoms with van der Waals surface area (Å²) >= 11 is 0. The third-order valence-corrected chi connectivity index (χ3v) is 5.50. The molecule has 1 aromatic carbocycles. The van der Waals surface area contributed by atoms with Crippen LogP contribution in [0.3, 0.4) is 0 Å². The van der Waals surface area contributed by atoms with Crippen molar-refractivity contribution in [3.8, 4) is 0 Å². The molecular weight excluding hydrogens is 260 g/mol. The molecule has 0 spiro atoms. The van der Waals surface area contributed by atoms with E-state index in [2.05, 4.69) is 37.5 Å². The lowest BCUT2D eigenvalue weighted by Gasteiger charge is -2.41. The van der Waals surface area contributed by atoms with E-state index in [-0.39, 0.29) is 5.91 Å². The smallest absolute Gasteiger partial charge is 0.231 e. The van der Waals surface area contributed by atoms with Crippen molar-refractivity contribution < 1.29 is 4.79 Å². The first-order valence-electron chi connectivity index (χ1n) is 8.12. The number of likely N-dealkylation sites (N-methyl/N-ethyl adjacent to an activating group) is 1. The van der Waals surface area contributed by atoms with Gasteiger partial charge in [0.15, 0.2) is 0 Å². The van der Waals surface area contributed by atoms with E-state index < -0.39 is 0 Å². The van der Waals surface area contributed by atoms with Crippen LogP contribution in [0, 0.1) is 5.41 Å². The van der Waals surface area contributed by atoms with Crippen LogP contribution in [-0.4, -0.2) is 20.0 Å². The van der Waals surface area contributed by atoms with Crippen molar-refractivity contribution in [2.24, 2.45) is 5.41 Å². The van der Waals surface area contributed by atoms with Gasteiger partial charge in [0.2, 0.25) is 5.91 Å². The Bertz CT molecular complexity index is 546. The Balaban J connectivity index is 1.92.